The van der Waals surface area contributed by atoms with Crippen LogP contribution in [0.15, 0.2) is 101 Å². The Hall–Kier alpha value is -3.92. The van der Waals surface area contributed by atoms with E-state index in [0.717, 1.165) is 16.7 Å². The molecule has 0 radical (unpaired) electrons. The summed E-state index contributed by atoms with van der Waals surface area (Å²) < 4.78 is 5.81. The smallest absolute Gasteiger partial charge is 0.287 e. The number of amides is 1. The highest BCUT2D eigenvalue weighted by molar-refractivity contribution is 5.94. The van der Waals surface area contributed by atoms with Gasteiger partial charge in [-0.15, -0.1) is 0 Å². The second-order valence-corrected chi connectivity index (χ2v) is 7.03. The van der Waals surface area contributed by atoms with Crippen LogP contribution in [-0.2, 0) is 0 Å². The SMILES string of the molecule is CC(=O)c1ccc(-c2ccc(C(=O)NC(c3ccccc3)c3ccccc3)o2)cc1. The van der Waals surface area contributed by atoms with Gasteiger partial charge in [-0.2, -0.15) is 0 Å². The molecule has 0 saturated heterocycles. The van der Waals surface area contributed by atoms with E-state index in [0.29, 0.717) is 11.3 Å². The monoisotopic (exact) mass is 395 g/mol. The zero-order valence-electron chi connectivity index (χ0n) is 16.5. The molecule has 1 N–H and O–H groups in total. The number of carbonyl (C=O) groups excluding carboxylic acids is 2. The van der Waals surface area contributed by atoms with Gasteiger partial charge in [-0.1, -0.05) is 84.9 Å². The molecule has 4 heteroatoms. The van der Waals surface area contributed by atoms with Gasteiger partial charge >= 0.3 is 0 Å². The lowest BCUT2D eigenvalue weighted by atomic mass is 9.98. The fraction of sp³-hybridized carbons (Fsp3) is 0.0769. The van der Waals surface area contributed by atoms with Crippen LogP contribution in [0.3, 0.4) is 0 Å². The second-order valence-electron chi connectivity index (χ2n) is 7.03. The van der Waals surface area contributed by atoms with E-state index in [4.69, 9.17) is 4.42 Å². The van der Waals surface area contributed by atoms with E-state index in [-0.39, 0.29) is 23.5 Å². The Bertz CT molecular complexity index is 1110. The molecule has 0 saturated carbocycles. The van der Waals surface area contributed by atoms with Gasteiger partial charge in [0.15, 0.2) is 11.5 Å². The van der Waals surface area contributed by atoms with Crippen LogP contribution in [0, 0.1) is 0 Å². The summed E-state index contributed by atoms with van der Waals surface area (Å²) >= 11 is 0. The molecule has 148 valence electrons. The van der Waals surface area contributed by atoms with Gasteiger partial charge in [-0.25, -0.2) is 0 Å². The predicted octanol–water partition coefficient (Wildman–Crippen LogP) is 5.67. The van der Waals surface area contributed by atoms with Crippen molar-refractivity contribution in [1.82, 2.24) is 5.32 Å². The first-order chi connectivity index (χ1) is 14.6. The average Bonchev–Trinajstić information content (AvgIpc) is 3.29. The van der Waals surface area contributed by atoms with Crippen molar-refractivity contribution in [3.05, 3.63) is 120 Å². The number of carbonyl (C=O) groups is 2. The minimum absolute atomic E-state index is 0.00827. The van der Waals surface area contributed by atoms with Crippen molar-refractivity contribution in [2.24, 2.45) is 0 Å². The molecule has 4 aromatic rings. The van der Waals surface area contributed by atoms with E-state index in [2.05, 4.69) is 5.32 Å². The van der Waals surface area contributed by atoms with E-state index in [9.17, 15) is 9.59 Å². The summed E-state index contributed by atoms with van der Waals surface area (Å²) in [6.45, 7) is 1.53. The van der Waals surface area contributed by atoms with E-state index in [1.54, 1.807) is 24.3 Å². The number of Topliss-reactive ketones (excluding diaryl/α,β-unsaturated/α-hetero) is 1. The summed E-state index contributed by atoms with van der Waals surface area (Å²) in [5.74, 6) is 0.525. The van der Waals surface area contributed by atoms with Crippen LogP contribution >= 0.6 is 0 Å². The maximum absolute atomic E-state index is 12.9. The van der Waals surface area contributed by atoms with Crippen molar-refractivity contribution in [3.8, 4) is 11.3 Å². The number of furan rings is 1. The number of hydrogen-bond donors (Lipinski definition) is 1. The van der Waals surface area contributed by atoms with Crippen molar-refractivity contribution in [1.29, 1.82) is 0 Å². The van der Waals surface area contributed by atoms with E-state index in [1.165, 1.54) is 6.92 Å². The number of hydrogen-bond acceptors (Lipinski definition) is 3. The van der Waals surface area contributed by atoms with Crippen LogP contribution < -0.4 is 5.32 Å². The molecule has 1 amide bonds. The van der Waals surface area contributed by atoms with Gasteiger partial charge in [0.1, 0.15) is 5.76 Å². The minimum atomic E-state index is -0.292. The van der Waals surface area contributed by atoms with Crippen molar-refractivity contribution < 1.29 is 14.0 Å². The Morgan fingerprint density at radius 3 is 1.83 bits per heavy atom. The molecule has 3 aromatic carbocycles. The summed E-state index contributed by atoms with van der Waals surface area (Å²) in [5.41, 5.74) is 3.42. The number of nitrogens with one attached hydrogen (secondary N) is 1. The topological polar surface area (TPSA) is 59.3 Å². The standard InChI is InChI=1S/C26H21NO3/c1-18(28)19-12-14-20(15-13-19)23-16-17-24(30-23)26(29)27-25(21-8-4-2-5-9-21)22-10-6-3-7-11-22/h2-17,25H,1H3,(H,27,29). The molecule has 0 unspecified atom stereocenters. The summed E-state index contributed by atoms with van der Waals surface area (Å²) in [6, 6.07) is 29.9. The number of ketones is 1. The number of rotatable bonds is 6. The Kier molecular flexibility index (Phi) is 5.57. The first kappa shape index (κ1) is 19.4. The summed E-state index contributed by atoms with van der Waals surface area (Å²) in [6.07, 6.45) is 0. The maximum atomic E-state index is 12.9. The van der Waals surface area contributed by atoms with Crippen molar-refractivity contribution in [2.75, 3.05) is 0 Å². The zero-order valence-corrected chi connectivity index (χ0v) is 16.5. The highest BCUT2D eigenvalue weighted by Crippen LogP contribution is 2.25. The quantitative estimate of drug-likeness (QED) is 0.428. The molecular formula is C26H21NO3. The Morgan fingerprint density at radius 2 is 1.30 bits per heavy atom. The van der Waals surface area contributed by atoms with Crippen molar-refractivity contribution in [2.45, 2.75) is 13.0 Å². The van der Waals surface area contributed by atoms with Gasteiger partial charge in [0.05, 0.1) is 6.04 Å². The molecule has 30 heavy (non-hydrogen) atoms. The molecule has 1 aromatic heterocycles. The third kappa shape index (κ3) is 4.23. The molecule has 1 heterocycles. The highest BCUT2D eigenvalue weighted by atomic mass is 16.3. The largest absolute Gasteiger partial charge is 0.451 e. The van der Waals surface area contributed by atoms with Gasteiger partial charge in [0.2, 0.25) is 0 Å². The molecule has 0 aliphatic heterocycles. The summed E-state index contributed by atoms with van der Waals surface area (Å²) in [7, 11) is 0. The van der Waals surface area contributed by atoms with Crippen LogP contribution in [0.2, 0.25) is 0 Å². The minimum Gasteiger partial charge on any atom is -0.451 e. The molecule has 0 spiro atoms. The molecule has 0 aliphatic carbocycles. The molecule has 0 bridgehead atoms. The van der Waals surface area contributed by atoms with Gasteiger partial charge in [-0.3, -0.25) is 9.59 Å². The summed E-state index contributed by atoms with van der Waals surface area (Å²) in [4.78, 5) is 24.4. The van der Waals surface area contributed by atoms with E-state index < -0.39 is 0 Å². The van der Waals surface area contributed by atoms with Crippen molar-refractivity contribution >= 4 is 11.7 Å². The molecule has 0 fully saturated rings. The molecule has 4 nitrogen and oxygen atoms in total. The second kappa shape index (κ2) is 8.62. The van der Waals surface area contributed by atoms with Crippen LogP contribution in [0.25, 0.3) is 11.3 Å². The fourth-order valence-electron chi connectivity index (χ4n) is 3.34. The molecular weight excluding hydrogens is 374 g/mol. The van der Waals surface area contributed by atoms with Crippen LogP contribution in [0.4, 0.5) is 0 Å². The van der Waals surface area contributed by atoms with E-state index in [1.807, 2.05) is 72.8 Å². The highest BCUT2D eigenvalue weighted by Gasteiger charge is 2.20. The number of benzene rings is 3. The average molecular weight is 395 g/mol. The first-order valence-corrected chi connectivity index (χ1v) is 9.74. The van der Waals surface area contributed by atoms with Crippen LogP contribution in [0.1, 0.15) is 45.0 Å². The Labute approximate surface area is 175 Å². The Balaban J connectivity index is 1.57. The van der Waals surface area contributed by atoms with Crippen molar-refractivity contribution in [3.63, 3.8) is 0 Å². The predicted molar refractivity (Wildman–Crippen MR) is 116 cm³/mol. The van der Waals surface area contributed by atoms with Crippen LogP contribution in [0.5, 0.6) is 0 Å². The van der Waals surface area contributed by atoms with Gasteiger partial charge < -0.3 is 9.73 Å². The first-order valence-electron chi connectivity index (χ1n) is 9.74. The van der Waals surface area contributed by atoms with Crippen LogP contribution in [-0.4, -0.2) is 11.7 Å². The van der Waals surface area contributed by atoms with Gasteiger partial charge in [-0.05, 0) is 30.2 Å². The van der Waals surface area contributed by atoms with Gasteiger partial charge in [0, 0.05) is 11.1 Å². The fourth-order valence-corrected chi connectivity index (χ4v) is 3.34. The maximum Gasteiger partial charge on any atom is 0.287 e. The van der Waals surface area contributed by atoms with Gasteiger partial charge in [0.25, 0.3) is 5.91 Å². The Morgan fingerprint density at radius 1 is 0.733 bits per heavy atom. The summed E-state index contributed by atoms with van der Waals surface area (Å²) in [5, 5.41) is 3.08. The molecule has 0 atom stereocenters. The lowest BCUT2D eigenvalue weighted by molar-refractivity contribution is 0.0915. The van der Waals surface area contributed by atoms with E-state index >= 15 is 0 Å². The molecule has 4 rings (SSSR count). The molecule has 0 aliphatic rings. The zero-order chi connectivity index (χ0) is 20.9. The lowest BCUT2D eigenvalue weighted by Crippen LogP contribution is -2.29. The normalized spacial score (nSPS) is 10.7. The third-order valence-corrected chi connectivity index (χ3v) is 4.95. The third-order valence-electron chi connectivity index (χ3n) is 4.95. The lowest BCUT2D eigenvalue weighted by Gasteiger charge is -2.19.